The summed E-state index contributed by atoms with van der Waals surface area (Å²) in [4.78, 5) is 0. The maximum atomic E-state index is 10.1. The first-order valence-corrected chi connectivity index (χ1v) is 13.2. The molecule has 1 N–H and O–H groups in total. The van der Waals surface area contributed by atoms with Crippen LogP contribution in [-0.4, -0.2) is 10.7 Å². The van der Waals surface area contributed by atoms with Gasteiger partial charge in [0.1, 0.15) is 0 Å². The second-order valence-corrected chi connectivity index (χ2v) is 12.6. The normalized spacial score (nSPS) is 38.3. The molecule has 31 heavy (non-hydrogen) atoms. The smallest absolute Gasteiger partial charge is 0.0591 e. The zero-order valence-electron chi connectivity index (χ0n) is 21.7. The van der Waals surface area contributed by atoms with E-state index in [-0.39, 0.29) is 0 Å². The minimum absolute atomic E-state index is 0.466. The Morgan fingerprint density at radius 3 is 2.68 bits per heavy atom. The monoisotopic (exact) mass is 426 g/mol. The van der Waals surface area contributed by atoms with Crippen molar-refractivity contribution in [1.29, 1.82) is 0 Å². The minimum atomic E-state index is -0.522. The summed E-state index contributed by atoms with van der Waals surface area (Å²) < 4.78 is 0. The first kappa shape index (κ1) is 24.8. The van der Waals surface area contributed by atoms with Gasteiger partial charge in [-0.15, -0.1) is 0 Å². The van der Waals surface area contributed by atoms with Crippen LogP contribution in [-0.2, 0) is 0 Å². The summed E-state index contributed by atoms with van der Waals surface area (Å²) >= 11 is 0. The van der Waals surface area contributed by atoms with Crippen molar-refractivity contribution in [3.05, 3.63) is 34.9 Å². The van der Waals surface area contributed by atoms with E-state index in [1.807, 2.05) is 13.8 Å². The highest BCUT2D eigenvalue weighted by Gasteiger charge is 2.50. The van der Waals surface area contributed by atoms with Gasteiger partial charge >= 0.3 is 0 Å². The van der Waals surface area contributed by atoms with Crippen LogP contribution in [0.25, 0.3) is 0 Å². The highest BCUT2D eigenvalue weighted by molar-refractivity contribution is 5.42. The molecule has 0 amide bonds. The number of hydrogen-bond acceptors (Lipinski definition) is 1. The molecule has 6 unspecified atom stereocenters. The van der Waals surface area contributed by atoms with Crippen molar-refractivity contribution in [3.63, 3.8) is 0 Å². The van der Waals surface area contributed by atoms with Gasteiger partial charge in [-0.3, -0.25) is 0 Å². The van der Waals surface area contributed by atoms with Crippen molar-refractivity contribution in [2.75, 3.05) is 0 Å². The quantitative estimate of drug-likeness (QED) is 0.450. The fourth-order valence-corrected chi connectivity index (χ4v) is 7.63. The third-order valence-corrected chi connectivity index (χ3v) is 9.34. The summed E-state index contributed by atoms with van der Waals surface area (Å²) in [5, 5.41) is 10.1. The van der Waals surface area contributed by atoms with Crippen LogP contribution in [0.4, 0.5) is 0 Å². The van der Waals surface area contributed by atoms with Gasteiger partial charge in [0.05, 0.1) is 5.60 Å². The summed E-state index contributed by atoms with van der Waals surface area (Å²) in [6.45, 7) is 20.6. The number of rotatable bonds is 6. The number of hydrogen-bond donors (Lipinski definition) is 1. The lowest BCUT2D eigenvalue weighted by Gasteiger charge is -2.44. The zero-order valence-corrected chi connectivity index (χ0v) is 21.7. The molecule has 3 aliphatic rings. The summed E-state index contributed by atoms with van der Waals surface area (Å²) in [6, 6.07) is 0. The predicted octanol–water partition coefficient (Wildman–Crippen LogP) is 8.65. The molecule has 1 nitrogen and oxygen atoms in total. The predicted molar refractivity (Wildman–Crippen MR) is 135 cm³/mol. The van der Waals surface area contributed by atoms with Gasteiger partial charge in [-0.1, -0.05) is 58.8 Å². The van der Waals surface area contributed by atoms with Gasteiger partial charge in [0.25, 0.3) is 0 Å². The Labute approximate surface area is 193 Å². The molecule has 0 aromatic carbocycles. The van der Waals surface area contributed by atoms with Gasteiger partial charge in [0.15, 0.2) is 0 Å². The molecule has 3 rings (SSSR count). The van der Waals surface area contributed by atoms with Gasteiger partial charge in [0.2, 0.25) is 0 Å². The molecule has 3 aliphatic carbocycles. The molecule has 3 fully saturated rings. The first-order valence-electron chi connectivity index (χ1n) is 13.2. The Bertz CT molecular complexity index is 717. The van der Waals surface area contributed by atoms with Crippen molar-refractivity contribution in [2.24, 2.45) is 35.0 Å². The second-order valence-electron chi connectivity index (χ2n) is 12.6. The van der Waals surface area contributed by atoms with Crippen LogP contribution >= 0.6 is 0 Å². The zero-order chi connectivity index (χ0) is 23.0. The van der Waals surface area contributed by atoms with Crippen molar-refractivity contribution < 1.29 is 5.11 Å². The summed E-state index contributed by atoms with van der Waals surface area (Å²) in [5.74, 6) is 3.77. The fraction of sp³-hybridized carbons (Fsp3) is 0.800. The standard InChI is InChI=1S/C30H50O/c1-20-17-22(3)24(5)26(18-20)23(4)19-25-12-10-16-30(8)27(13-14-28(25)30)21(2)11-9-15-29(6,7)31/h19-22,27-28,31H,5,9-18H2,1-4,6-8H3. The molecule has 6 atom stereocenters. The Hall–Kier alpha value is -0.820. The van der Waals surface area contributed by atoms with E-state index in [0.717, 1.165) is 36.5 Å². The summed E-state index contributed by atoms with van der Waals surface area (Å²) in [5.41, 5.74) is 6.14. The Balaban J connectivity index is 1.76. The number of allylic oxidation sites excluding steroid dienone is 5. The Morgan fingerprint density at radius 2 is 2.00 bits per heavy atom. The van der Waals surface area contributed by atoms with Crippen LogP contribution < -0.4 is 0 Å². The summed E-state index contributed by atoms with van der Waals surface area (Å²) in [6.07, 6.45) is 15.2. The maximum Gasteiger partial charge on any atom is 0.0591 e. The number of fused-ring (bicyclic) bond motifs is 1. The molecule has 0 spiro atoms. The first-order chi connectivity index (χ1) is 14.4. The van der Waals surface area contributed by atoms with Gasteiger partial charge in [-0.2, -0.15) is 0 Å². The lowest BCUT2D eigenvalue weighted by molar-refractivity contribution is 0.0596. The molecule has 3 saturated carbocycles. The average molecular weight is 427 g/mol. The van der Waals surface area contributed by atoms with Crippen molar-refractivity contribution in [2.45, 2.75) is 118 Å². The molecule has 0 radical (unpaired) electrons. The van der Waals surface area contributed by atoms with Gasteiger partial charge in [-0.05, 0) is 124 Å². The Morgan fingerprint density at radius 1 is 1.29 bits per heavy atom. The van der Waals surface area contributed by atoms with Crippen LogP contribution in [0.3, 0.4) is 0 Å². The van der Waals surface area contributed by atoms with Crippen LogP contribution in [0.5, 0.6) is 0 Å². The molecule has 0 aromatic rings. The van der Waals surface area contributed by atoms with E-state index in [2.05, 4.69) is 47.3 Å². The van der Waals surface area contributed by atoms with Crippen LogP contribution in [0.1, 0.15) is 113 Å². The van der Waals surface area contributed by atoms with E-state index in [1.165, 1.54) is 62.5 Å². The summed E-state index contributed by atoms with van der Waals surface area (Å²) in [7, 11) is 0. The second kappa shape index (κ2) is 9.58. The van der Waals surface area contributed by atoms with Crippen LogP contribution in [0.2, 0.25) is 0 Å². The molecule has 0 heterocycles. The van der Waals surface area contributed by atoms with E-state index < -0.39 is 5.60 Å². The van der Waals surface area contributed by atoms with E-state index in [0.29, 0.717) is 11.3 Å². The van der Waals surface area contributed by atoms with Gasteiger partial charge < -0.3 is 5.11 Å². The third kappa shape index (κ3) is 5.58. The highest BCUT2D eigenvalue weighted by Crippen LogP contribution is 2.60. The van der Waals surface area contributed by atoms with Crippen molar-refractivity contribution >= 4 is 0 Å². The molecule has 0 saturated heterocycles. The lowest BCUT2D eigenvalue weighted by atomic mass is 9.60. The van der Waals surface area contributed by atoms with E-state index >= 15 is 0 Å². The molecule has 0 aliphatic heterocycles. The SMILES string of the molecule is C=C1C(=C(C)C=C2CCCC3(C)C2CCC3C(C)CCCC(C)(C)O)CC(C)CC1C. The molecule has 1 heteroatoms. The van der Waals surface area contributed by atoms with Crippen LogP contribution in [0.15, 0.2) is 34.9 Å². The highest BCUT2D eigenvalue weighted by atomic mass is 16.3. The third-order valence-electron chi connectivity index (χ3n) is 9.34. The van der Waals surface area contributed by atoms with Crippen LogP contribution in [0, 0.1) is 35.0 Å². The Kier molecular flexibility index (Phi) is 7.67. The lowest BCUT2D eigenvalue weighted by Crippen LogP contribution is -2.36. The topological polar surface area (TPSA) is 20.2 Å². The van der Waals surface area contributed by atoms with Gasteiger partial charge in [-0.25, -0.2) is 0 Å². The fourth-order valence-electron chi connectivity index (χ4n) is 7.63. The minimum Gasteiger partial charge on any atom is -0.390 e. The molecular weight excluding hydrogens is 376 g/mol. The molecule has 0 bridgehead atoms. The van der Waals surface area contributed by atoms with E-state index in [9.17, 15) is 5.11 Å². The van der Waals surface area contributed by atoms with Crippen molar-refractivity contribution in [3.8, 4) is 0 Å². The number of aliphatic hydroxyl groups is 1. The van der Waals surface area contributed by atoms with E-state index in [1.54, 1.807) is 11.1 Å². The molecule has 176 valence electrons. The van der Waals surface area contributed by atoms with Gasteiger partial charge in [0, 0.05) is 0 Å². The molecular formula is C30H50O. The maximum absolute atomic E-state index is 10.1. The van der Waals surface area contributed by atoms with E-state index in [4.69, 9.17) is 0 Å². The average Bonchev–Trinajstić information content (AvgIpc) is 3.01. The molecule has 0 aromatic heterocycles. The largest absolute Gasteiger partial charge is 0.390 e. The van der Waals surface area contributed by atoms with Crippen molar-refractivity contribution in [1.82, 2.24) is 0 Å².